The molecule has 0 aromatic carbocycles. The zero-order valence-electron chi connectivity index (χ0n) is 17.0. The van der Waals surface area contributed by atoms with Gasteiger partial charge in [-0.25, -0.2) is 9.67 Å². The number of pyridine rings is 1. The van der Waals surface area contributed by atoms with Gasteiger partial charge in [0.15, 0.2) is 5.65 Å². The third-order valence-corrected chi connectivity index (χ3v) is 5.59. The number of aryl methyl sites for hydroxylation is 1. The molecule has 1 aliphatic carbocycles. The Hall–Kier alpha value is -1.95. The minimum absolute atomic E-state index is 0.00874. The molecular weight excluding hydrogens is 340 g/mol. The lowest BCUT2D eigenvalue weighted by Gasteiger charge is -2.21. The van der Waals surface area contributed by atoms with Gasteiger partial charge >= 0.3 is 0 Å². The molecule has 27 heavy (non-hydrogen) atoms. The molecular formula is C21H30N4O2. The van der Waals surface area contributed by atoms with Gasteiger partial charge in [0.1, 0.15) is 0 Å². The lowest BCUT2D eigenvalue weighted by molar-refractivity contribution is 0.0713. The fourth-order valence-electron chi connectivity index (χ4n) is 3.92. The molecule has 6 nitrogen and oxygen atoms in total. The van der Waals surface area contributed by atoms with Gasteiger partial charge in [0.05, 0.1) is 34.3 Å². The molecule has 2 aromatic heterocycles. The van der Waals surface area contributed by atoms with Crippen molar-refractivity contribution < 1.29 is 9.53 Å². The second kappa shape index (κ2) is 6.59. The highest BCUT2D eigenvalue weighted by Crippen LogP contribution is 2.41. The van der Waals surface area contributed by atoms with Crippen molar-refractivity contribution in [3.05, 3.63) is 23.0 Å². The molecule has 0 unspecified atom stereocenters. The van der Waals surface area contributed by atoms with E-state index >= 15 is 0 Å². The van der Waals surface area contributed by atoms with Gasteiger partial charge in [-0.05, 0) is 66.4 Å². The van der Waals surface area contributed by atoms with E-state index in [2.05, 4.69) is 26.1 Å². The quantitative estimate of drug-likeness (QED) is 0.891. The van der Waals surface area contributed by atoms with Gasteiger partial charge in [0.2, 0.25) is 0 Å². The standard InChI is InChI=1S/C21H30N4O2/c1-12(17-7-6-10-27-17)22-20(26)15-11-16(14-8-9-14)23-19-18(15)13(2)24-25(19)21(3,4)5/h11-12,14,17H,6-10H2,1-5H3,(H,22,26)/t12-,17-/m1/s1. The molecule has 1 amide bonds. The smallest absolute Gasteiger partial charge is 0.252 e. The van der Waals surface area contributed by atoms with Crippen molar-refractivity contribution in [2.24, 2.45) is 0 Å². The molecule has 146 valence electrons. The molecule has 2 aromatic rings. The fourth-order valence-corrected chi connectivity index (χ4v) is 3.92. The van der Waals surface area contributed by atoms with E-state index < -0.39 is 0 Å². The number of ether oxygens (including phenoxy) is 1. The monoisotopic (exact) mass is 370 g/mol. The fraction of sp³-hybridized carbons (Fsp3) is 0.667. The minimum atomic E-state index is -0.194. The van der Waals surface area contributed by atoms with Gasteiger partial charge < -0.3 is 10.1 Å². The van der Waals surface area contributed by atoms with Gasteiger partial charge in [-0.15, -0.1) is 0 Å². The molecule has 2 fully saturated rings. The van der Waals surface area contributed by atoms with E-state index in [4.69, 9.17) is 14.8 Å². The highest BCUT2D eigenvalue weighted by atomic mass is 16.5. The number of hydrogen-bond donors (Lipinski definition) is 1. The number of amides is 1. The number of carbonyl (C=O) groups excluding carboxylic acids is 1. The van der Waals surface area contributed by atoms with Gasteiger partial charge in [0, 0.05) is 18.2 Å². The number of hydrogen-bond acceptors (Lipinski definition) is 4. The van der Waals surface area contributed by atoms with Crippen molar-refractivity contribution in [3.63, 3.8) is 0 Å². The van der Waals surface area contributed by atoms with Crippen LogP contribution in [0.4, 0.5) is 0 Å². The zero-order valence-corrected chi connectivity index (χ0v) is 17.0. The number of fused-ring (bicyclic) bond motifs is 1. The van der Waals surface area contributed by atoms with E-state index in [9.17, 15) is 4.79 Å². The minimum Gasteiger partial charge on any atom is -0.376 e. The van der Waals surface area contributed by atoms with Crippen molar-refractivity contribution in [1.82, 2.24) is 20.1 Å². The summed E-state index contributed by atoms with van der Waals surface area (Å²) in [5, 5.41) is 8.76. The lowest BCUT2D eigenvalue weighted by atomic mass is 10.0. The first-order chi connectivity index (χ1) is 12.8. The summed E-state index contributed by atoms with van der Waals surface area (Å²) < 4.78 is 7.70. The van der Waals surface area contributed by atoms with Crippen molar-refractivity contribution in [2.75, 3.05) is 6.61 Å². The number of nitrogens with zero attached hydrogens (tertiary/aromatic N) is 3. The van der Waals surface area contributed by atoms with E-state index in [1.54, 1.807) is 0 Å². The van der Waals surface area contributed by atoms with Crippen LogP contribution < -0.4 is 5.32 Å². The highest BCUT2D eigenvalue weighted by Gasteiger charge is 2.31. The van der Waals surface area contributed by atoms with Crippen molar-refractivity contribution >= 4 is 16.9 Å². The Kier molecular flexibility index (Phi) is 4.49. The highest BCUT2D eigenvalue weighted by molar-refractivity contribution is 6.06. The maximum Gasteiger partial charge on any atom is 0.252 e. The Morgan fingerprint density at radius 2 is 2.07 bits per heavy atom. The lowest BCUT2D eigenvalue weighted by Crippen LogP contribution is -2.41. The van der Waals surface area contributed by atoms with Crippen molar-refractivity contribution in [2.45, 2.75) is 83.9 Å². The number of nitrogens with one attached hydrogen (secondary N) is 1. The summed E-state index contributed by atoms with van der Waals surface area (Å²) in [5.41, 5.74) is 3.19. The third-order valence-electron chi connectivity index (χ3n) is 5.59. The molecule has 6 heteroatoms. The second-order valence-corrected chi connectivity index (χ2v) is 9.05. The summed E-state index contributed by atoms with van der Waals surface area (Å²) in [7, 11) is 0. The molecule has 2 aliphatic rings. The van der Waals surface area contributed by atoms with Gasteiger partial charge in [0.25, 0.3) is 5.91 Å². The molecule has 3 heterocycles. The molecule has 2 atom stereocenters. The third kappa shape index (κ3) is 3.47. The Morgan fingerprint density at radius 1 is 1.33 bits per heavy atom. The average Bonchev–Trinajstić information content (AvgIpc) is 3.18. The normalized spacial score (nSPS) is 21.6. The molecule has 0 radical (unpaired) electrons. The van der Waals surface area contributed by atoms with Crippen LogP contribution in [0, 0.1) is 6.92 Å². The van der Waals surface area contributed by atoms with E-state index in [-0.39, 0.29) is 23.6 Å². The molecule has 1 aliphatic heterocycles. The van der Waals surface area contributed by atoms with Crippen molar-refractivity contribution in [3.8, 4) is 0 Å². The van der Waals surface area contributed by atoms with Crippen LogP contribution in [0.2, 0.25) is 0 Å². The van der Waals surface area contributed by atoms with Gasteiger partial charge in [-0.2, -0.15) is 5.10 Å². The predicted octanol–water partition coefficient (Wildman–Crippen LogP) is 3.67. The summed E-state index contributed by atoms with van der Waals surface area (Å²) in [5.74, 6) is 0.420. The van der Waals surface area contributed by atoms with E-state index in [0.29, 0.717) is 11.5 Å². The first-order valence-electron chi connectivity index (χ1n) is 10.1. The Balaban J connectivity index is 1.76. The first kappa shape index (κ1) is 18.4. The van der Waals surface area contributed by atoms with Crippen molar-refractivity contribution in [1.29, 1.82) is 0 Å². The average molecular weight is 370 g/mol. The van der Waals surface area contributed by atoms with Gasteiger partial charge in [-0.3, -0.25) is 4.79 Å². The van der Waals surface area contributed by atoms with Crippen LogP contribution in [0.5, 0.6) is 0 Å². The van der Waals surface area contributed by atoms with Crippen LogP contribution in [0.3, 0.4) is 0 Å². The molecule has 4 rings (SSSR count). The zero-order chi connectivity index (χ0) is 19.3. The largest absolute Gasteiger partial charge is 0.376 e. The number of rotatable bonds is 4. The van der Waals surface area contributed by atoms with Crippen LogP contribution >= 0.6 is 0 Å². The van der Waals surface area contributed by atoms with Crippen LogP contribution in [0.25, 0.3) is 11.0 Å². The molecule has 1 saturated heterocycles. The molecule has 0 bridgehead atoms. The summed E-state index contributed by atoms with van der Waals surface area (Å²) in [6.45, 7) is 11.1. The Labute approximate surface area is 160 Å². The first-order valence-corrected chi connectivity index (χ1v) is 10.1. The van der Waals surface area contributed by atoms with Crippen LogP contribution in [0.1, 0.15) is 81.0 Å². The van der Waals surface area contributed by atoms with E-state index in [1.165, 1.54) is 0 Å². The number of aromatic nitrogens is 3. The summed E-state index contributed by atoms with van der Waals surface area (Å²) >= 11 is 0. The summed E-state index contributed by atoms with van der Waals surface area (Å²) in [4.78, 5) is 18.1. The van der Waals surface area contributed by atoms with Crippen LogP contribution in [0.15, 0.2) is 6.07 Å². The summed E-state index contributed by atoms with van der Waals surface area (Å²) in [6, 6.07) is 1.98. The molecule has 1 N–H and O–H groups in total. The second-order valence-electron chi connectivity index (χ2n) is 9.05. The Bertz CT molecular complexity index is 870. The predicted molar refractivity (Wildman–Crippen MR) is 105 cm³/mol. The van der Waals surface area contributed by atoms with E-state index in [0.717, 1.165) is 54.7 Å². The SMILES string of the molecule is Cc1nn(C(C)(C)C)c2nc(C3CC3)cc(C(=O)N[C@H](C)[C@H]3CCCO3)c12. The summed E-state index contributed by atoms with van der Waals surface area (Å²) in [6.07, 6.45) is 4.46. The molecule has 0 spiro atoms. The van der Waals surface area contributed by atoms with Crippen LogP contribution in [-0.4, -0.2) is 39.4 Å². The topological polar surface area (TPSA) is 69.0 Å². The maximum absolute atomic E-state index is 13.2. The van der Waals surface area contributed by atoms with E-state index in [1.807, 2.05) is 24.6 Å². The maximum atomic E-state index is 13.2. The van der Waals surface area contributed by atoms with Gasteiger partial charge in [-0.1, -0.05) is 0 Å². The number of carbonyl (C=O) groups is 1. The molecule has 1 saturated carbocycles. The Morgan fingerprint density at radius 3 is 2.67 bits per heavy atom. The van der Waals surface area contributed by atoms with Crippen LogP contribution in [-0.2, 0) is 10.3 Å².